The van der Waals surface area contributed by atoms with Crippen molar-refractivity contribution in [1.29, 1.82) is 0 Å². The van der Waals surface area contributed by atoms with E-state index >= 15 is 0 Å². The average molecular weight is 384 g/mol. The Labute approximate surface area is 163 Å². The number of hydrogen-bond donors (Lipinski definition) is 1. The smallest absolute Gasteiger partial charge is 0.224 e. The molecule has 140 valence electrons. The van der Waals surface area contributed by atoms with Gasteiger partial charge in [-0.2, -0.15) is 0 Å². The van der Waals surface area contributed by atoms with Crippen LogP contribution in [0, 0.1) is 0 Å². The first kappa shape index (κ1) is 18.0. The van der Waals surface area contributed by atoms with Crippen LogP contribution in [0.25, 0.3) is 0 Å². The van der Waals surface area contributed by atoms with Crippen LogP contribution in [0.4, 0.5) is 11.4 Å². The molecule has 4 rings (SSSR count). The lowest BCUT2D eigenvalue weighted by atomic mass is 9.98. The number of nitrogens with zero attached hydrogens (tertiary/aromatic N) is 2. The van der Waals surface area contributed by atoms with Gasteiger partial charge in [-0.25, -0.2) is 0 Å². The number of fused-ring (bicyclic) bond motifs is 1. The first-order valence-electron chi connectivity index (χ1n) is 9.27. The van der Waals surface area contributed by atoms with Crippen molar-refractivity contribution in [2.75, 3.05) is 42.9 Å². The molecule has 0 aliphatic carbocycles. The van der Waals surface area contributed by atoms with Crippen molar-refractivity contribution in [2.45, 2.75) is 12.8 Å². The third-order valence-electron chi connectivity index (χ3n) is 5.24. The Morgan fingerprint density at radius 3 is 2.63 bits per heavy atom. The Bertz CT molecular complexity index is 875. The van der Waals surface area contributed by atoms with Gasteiger partial charge in [-0.05, 0) is 48.4 Å². The van der Waals surface area contributed by atoms with Gasteiger partial charge in [-0.15, -0.1) is 0 Å². The largest absolute Gasteiger partial charge is 0.369 e. The zero-order chi connectivity index (χ0) is 18.8. The summed E-state index contributed by atoms with van der Waals surface area (Å²) in [5, 5.41) is 3.60. The molecule has 1 N–H and O–H groups in total. The Kier molecular flexibility index (Phi) is 5.14. The van der Waals surface area contributed by atoms with E-state index < -0.39 is 0 Å². The zero-order valence-corrected chi connectivity index (χ0v) is 15.8. The van der Waals surface area contributed by atoms with Gasteiger partial charge in [0.2, 0.25) is 5.91 Å². The van der Waals surface area contributed by atoms with Gasteiger partial charge in [-0.1, -0.05) is 17.7 Å². The average Bonchev–Trinajstić information content (AvgIpc) is 2.68. The van der Waals surface area contributed by atoms with E-state index in [2.05, 4.69) is 21.2 Å². The fourth-order valence-corrected chi connectivity index (χ4v) is 3.87. The van der Waals surface area contributed by atoms with Gasteiger partial charge in [-0.3, -0.25) is 14.5 Å². The fraction of sp³-hybridized carbons (Fsp3) is 0.333. The monoisotopic (exact) mass is 383 g/mol. The molecule has 0 radical (unpaired) electrons. The molecule has 2 aliphatic heterocycles. The van der Waals surface area contributed by atoms with Crippen LogP contribution in [-0.2, 0) is 11.2 Å². The molecule has 5 nitrogen and oxygen atoms in total. The minimum absolute atomic E-state index is 0.0409. The highest BCUT2D eigenvalue weighted by Crippen LogP contribution is 2.24. The lowest BCUT2D eigenvalue weighted by Gasteiger charge is -2.35. The van der Waals surface area contributed by atoms with Crippen LogP contribution in [-0.4, -0.2) is 49.3 Å². The SMILES string of the molecule is O=C1CCc2cc(C(=O)CN3CCN(c4cccc(Cl)c4)CC3)ccc2N1. The van der Waals surface area contributed by atoms with Gasteiger partial charge in [0.1, 0.15) is 0 Å². The molecule has 0 saturated carbocycles. The zero-order valence-electron chi connectivity index (χ0n) is 15.1. The van der Waals surface area contributed by atoms with Crippen LogP contribution >= 0.6 is 11.6 Å². The summed E-state index contributed by atoms with van der Waals surface area (Å²) in [7, 11) is 0. The maximum absolute atomic E-state index is 12.7. The molecule has 2 aliphatic rings. The second-order valence-corrected chi connectivity index (χ2v) is 7.52. The highest BCUT2D eigenvalue weighted by molar-refractivity contribution is 6.30. The summed E-state index contributed by atoms with van der Waals surface area (Å²) in [6.45, 7) is 3.88. The van der Waals surface area contributed by atoms with Crippen molar-refractivity contribution < 1.29 is 9.59 Å². The predicted molar refractivity (Wildman–Crippen MR) is 108 cm³/mol. The van der Waals surface area contributed by atoms with Crippen molar-refractivity contribution in [3.63, 3.8) is 0 Å². The fourth-order valence-electron chi connectivity index (χ4n) is 3.69. The number of halogens is 1. The maximum atomic E-state index is 12.7. The topological polar surface area (TPSA) is 52.7 Å². The Morgan fingerprint density at radius 2 is 1.85 bits per heavy atom. The van der Waals surface area contributed by atoms with Crippen molar-refractivity contribution in [3.05, 3.63) is 58.6 Å². The summed E-state index contributed by atoms with van der Waals surface area (Å²) in [4.78, 5) is 28.7. The van der Waals surface area contributed by atoms with Crippen LogP contribution in [0.2, 0.25) is 5.02 Å². The van der Waals surface area contributed by atoms with Gasteiger partial charge in [0, 0.05) is 54.6 Å². The summed E-state index contributed by atoms with van der Waals surface area (Å²) >= 11 is 6.08. The van der Waals surface area contributed by atoms with Gasteiger partial charge in [0.05, 0.1) is 6.54 Å². The van der Waals surface area contributed by atoms with E-state index in [1.807, 2.05) is 36.4 Å². The normalized spacial score (nSPS) is 17.4. The first-order chi connectivity index (χ1) is 13.1. The van der Waals surface area contributed by atoms with Crippen LogP contribution < -0.4 is 10.2 Å². The number of carbonyl (C=O) groups excluding carboxylic acids is 2. The number of rotatable bonds is 4. The molecule has 0 spiro atoms. The molecule has 0 unspecified atom stereocenters. The molecule has 1 fully saturated rings. The second kappa shape index (κ2) is 7.71. The lowest BCUT2D eigenvalue weighted by molar-refractivity contribution is -0.116. The summed E-state index contributed by atoms with van der Waals surface area (Å²) in [6, 6.07) is 13.5. The quantitative estimate of drug-likeness (QED) is 0.823. The lowest BCUT2D eigenvalue weighted by Crippen LogP contribution is -2.48. The van der Waals surface area contributed by atoms with Gasteiger partial charge >= 0.3 is 0 Å². The number of aryl methyl sites for hydroxylation is 1. The van der Waals surface area contributed by atoms with E-state index in [1.54, 1.807) is 0 Å². The van der Waals surface area contributed by atoms with Crippen molar-refractivity contribution in [2.24, 2.45) is 0 Å². The molecule has 2 aromatic rings. The van der Waals surface area contributed by atoms with E-state index in [0.29, 0.717) is 19.4 Å². The van der Waals surface area contributed by atoms with Gasteiger partial charge in [0.25, 0.3) is 0 Å². The third-order valence-corrected chi connectivity index (χ3v) is 5.47. The van der Waals surface area contributed by atoms with E-state index in [4.69, 9.17) is 11.6 Å². The van der Waals surface area contributed by atoms with Crippen LogP contribution in [0.1, 0.15) is 22.3 Å². The molecule has 27 heavy (non-hydrogen) atoms. The molecule has 2 aromatic carbocycles. The number of Topliss-reactive ketones (excluding diaryl/α,β-unsaturated/α-hetero) is 1. The standard InChI is InChI=1S/C21H22ClN3O2/c22-17-2-1-3-18(13-17)25-10-8-24(9-11-25)14-20(26)16-4-6-19-15(12-16)5-7-21(27)23-19/h1-4,6,12-13H,5,7-11,14H2,(H,23,27). The molecule has 6 heteroatoms. The molecule has 0 bridgehead atoms. The van der Waals surface area contributed by atoms with Crippen molar-refractivity contribution in [3.8, 4) is 0 Å². The Morgan fingerprint density at radius 1 is 1.04 bits per heavy atom. The van der Waals surface area contributed by atoms with Gasteiger partial charge in [0.15, 0.2) is 5.78 Å². The number of nitrogens with one attached hydrogen (secondary N) is 1. The summed E-state index contributed by atoms with van der Waals surface area (Å²) in [6.07, 6.45) is 1.18. The highest BCUT2D eigenvalue weighted by Gasteiger charge is 2.21. The Hall–Kier alpha value is -2.37. The minimum Gasteiger partial charge on any atom is -0.369 e. The van der Waals surface area contributed by atoms with Crippen LogP contribution in [0.5, 0.6) is 0 Å². The van der Waals surface area contributed by atoms with Crippen molar-refractivity contribution >= 4 is 34.7 Å². The number of piperazine rings is 1. The van der Waals surface area contributed by atoms with E-state index in [1.165, 1.54) is 0 Å². The molecular weight excluding hydrogens is 362 g/mol. The minimum atomic E-state index is 0.0409. The molecular formula is C21H22ClN3O2. The number of ketones is 1. The number of benzene rings is 2. The summed E-state index contributed by atoms with van der Waals surface area (Å²) in [5.41, 5.74) is 3.73. The highest BCUT2D eigenvalue weighted by atomic mass is 35.5. The molecule has 2 heterocycles. The Balaban J connectivity index is 1.35. The summed E-state index contributed by atoms with van der Waals surface area (Å²) < 4.78 is 0. The van der Waals surface area contributed by atoms with Gasteiger partial charge < -0.3 is 10.2 Å². The molecule has 1 saturated heterocycles. The predicted octanol–water partition coefficient (Wildman–Crippen LogP) is 3.23. The first-order valence-corrected chi connectivity index (χ1v) is 9.65. The third kappa shape index (κ3) is 4.15. The number of carbonyl (C=O) groups is 2. The maximum Gasteiger partial charge on any atom is 0.224 e. The number of hydrogen-bond acceptors (Lipinski definition) is 4. The van der Waals surface area contributed by atoms with E-state index in [-0.39, 0.29) is 11.7 Å². The van der Waals surface area contributed by atoms with Crippen molar-refractivity contribution in [1.82, 2.24) is 4.90 Å². The molecule has 0 atom stereocenters. The molecule has 1 amide bonds. The van der Waals surface area contributed by atoms with E-state index in [0.717, 1.165) is 53.7 Å². The van der Waals surface area contributed by atoms with E-state index in [9.17, 15) is 9.59 Å². The molecule has 0 aromatic heterocycles. The summed E-state index contributed by atoms with van der Waals surface area (Å²) in [5.74, 6) is 0.171. The van der Waals surface area contributed by atoms with Crippen LogP contribution in [0.3, 0.4) is 0 Å². The number of anilines is 2. The second-order valence-electron chi connectivity index (χ2n) is 7.09. The van der Waals surface area contributed by atoms with Crippen LogP contribution in [0.15, 0.2) is 42.5 Å². The number of amides is 1.